The first-order valence-electron chi connectivity index (χ1n) is 7.68. The summed E-state index contributed by atoms with van der Waals surface area (Å²) in [7, 11) is 21.8. The van der Waals surface area contributed by atoms with Gasteiger partial charge in [-0.15, -0.1) is 0 Å². The molecular formula is C14H14B6ClN3. The van der Waals surface area contributed by atoms with Gasteiger partial charge in [0.2, 0.25) is 0 Å². The maximum atomic E-state index is 5.92. The number of halogens is 1. The molecule has 0 bridgehead atoms. The molecule has 8 radical (unpaired) electrons. The Bertz CT molecular complexity index is 747. The van der Waals surface area contributed by atoms with Crippen LogP contribution in [0.15, 0.2) is 29.3 Å². The fourth-order valence-corrected chi connectivity index (χ4v) is 2.47. The van der Waals surface area contributed by atoms with Crippen LogP contribution in [0.25, 0.3) is 10.9 Å². The Kier molecular flexibility index (Phi) is 6.70. The van der Waals surface area contributed by atoms with Crippen LogP contribution >= 0.6 is 11.6 Å². The van der Waals surface area contributed by atoms with E-state index in [2.05, 4.69) is 22.2 Å². The molecule has 2 heterocycles. The van der Waals surface area contributed by atoms with Crippen LogP contribution in [0.3, 0.4) is 0 Å². The van der Waals surface area contributed by atoms with E-state index < -0.39 is 12.8 Å². The lowest BCUT2D eigenvalue weighted by atomic mass is 8.81. The van der Waals surface area contributed by atoms with Crippen LogP contribution in [0, 0.1) is 0 Å². The SMILES string of the molecule is CN[C@H](C)C1=Nc2ccc3nc(Cl)ccc3c2C1.[B]B([B])B([B])[B]. The van der Waals surface area contributed by atoms with Gasteiger partial charge in [0.25, 0.3) is 0 Å². The molecule has 10 heteroatoms. The number of pyridine rings is 1. The molecule has 24 heavy (non-hydrogen) atoms. The zero-order valence-corrected chi connectivity index (χ0v) is 14.6. The van der Waals surface area contributed by atoms with Gasteiger partial charge >= 0.3 is 0 Å². The lowest BCUT2D eigenvalue weighted by Crippen LogP contribution is -2.38. The van der Waals surface area contributed by atoms with Crippen LogP contribution in [0.1, 0.15) is 12.5 Å². The highest BCUT2D eigenvalue weighted by atomic mass is 35.5. The van der Waals surface area contributed by atoms with Crippen molar-refractivity contribution < 1.29 is 0 Å². The van der Waals surface area contributed by atoms with E-state index in [1.807, 2.05) is 31.3 Å². The first-order chi connectivity index (χ1) is 11.3. The van der Waals surface area contributed by atoms with Gasteiger partial charge in [-0.1, -0.05) is 11.6 Å². The number of rotatable bonds is 3. The van der Waals surface area contributed by atoms with Crippen molar-refractivity contribution in [3.05, 3.63) is 35.0 Å². The summed E-state index contributed by atoms with van der Waals surface area (Å²) in [5, 5.41) is 4.92. The minimum atomic E-state index is -0.593. The highest BCUT2D eigenvalue weighted by Crippen LogP contribution is 2.33. The quantitative estimate of drug-likeness (QED) is 0.671. The van der Waals surface area contributed by atoms with Gasteiger partial charge in [0.15, 0.2) is 0 Å². The number of aliphatic imine (C=N–C) groups is 1. The molecule has 0 spiro atoms. The van der Waals surface area contributed by atoms with Crippen molar-refractivity contribution in [2.24, 2.45) is 4.99 Å². The first kappa shape index (κ1) is 19.3. The smallest absolute Gasteiger partial charge is 0.129 e. The lowest BCUT2D eigenvalue weighted by Gasteiger charge is -2.09. The van der Waals surface area contributed by atoms with Crippen molar-refractivity contribution in [2.75, 3.05) is 7.05 Å². The van der Waals surface area contributed by atoms with Crippen LogP contribution in [0.5, 0.6) is 0 Å². The monoisotopic (exact) mass is 325 g/mol. The van der Waals surface area contributed by atoms with Gasteiger partial charge in [-0.25, -0.2) is 4.98 Å². The van der Waals surface area contributed by atoms with Crippen molar-refractivity contribution >= 4 is 77.6 Å². The highest BCUT2D eigenvalue weighted by Gasteiger charge is 2.20. The number of fused-ring (bicyclic) bond motifs is 3. The van der Waals surface area contributed by atoms with E-state index in [1.165, 1.54) is 11.3 Å². The number of nitrogens with one attached hydrogen (secondary N) is 1. The molecule has 0 unspecified atom stereocenters. The Morgan fingerprint density at radius 2 is 1.79 bits per heavy atom. The summed E-state index contributed by atoms with van der Waals surface area (Å²) in [6, 6.07) is 8.18. The summed E-state index contributed by atoms with van der Waals surface area (Å²) in [6.45, 7) is 2.13. The van der Waals surface area contributed by atoms with Crippen LogP contribution in [-0.4, -0.2) is 67.5 Å². The largest absolute Gasteiger partial charge is 0.312 e. The molecule has 3 nitrogen and oxygen atoms in total. The normalized spacial score (nSPS) is 13.5. The maximum absolute atomic E-state index is 5.92. The summed E-state index contributed by atoms with van der Waals surface area (Å²) in [5.74, 6) is 0. The molecule has 2 aromatic rings. The van der Waals surface area contributed by atoms with E-state index in [0.717, 1.165) is 23.0 Å². The third-order valence-electron chi connectivity index (χ3n) is 3.92. The zero-order valence-electron chi connectivity index (χ0n) is 13.8. The Hall–Kier alpha value is -1.06. The average molecular weight is 325 g/mol. The van der Waals surface area contributed by atoms with Crippen LogP contribution in [0.4, 0.5) is 5.69 Å². The minimum Gasteiger partial charge on any atom is -0.312 e. The second-order valence-electron chi connectivity index (χ2n) is 5.71. The fraction of sp³-hybridized carbons (Fsp3) is 0.286. The maximum Gasteiger partial charge on any atom is 0.129 e. The van der Waals surface area contributed by atoms with Crippen LogP contribution in [-0.2, 0) is 6.42 Å². The summed E-state index contributed by atoms with van der Waals surface area (Å²) >= 11 is 5.92. The second kappa shape index (κ2) is 8.35. The van der Waals surface area contributed by atoms with Crippen molar-refractivity contribution in [1.82, 2.24) is 10.3 Å². The van der Waals surface area contributed by atoms with Gasteiger partial charge in [0.1, 0.15) is 5.15 Å². The van der Waals surface area contributed by atoms with Crippen molar-refractivity contribution in [1.29, 1.82) is 0 Å². The molecule has 0 saturated heterocycles. The molecule has 0 saturated carbocycles. The van der Waals surface area contributed by atoms with E-state index in [9.17, 15) is 0 Å². The summed E-state index contributed by atoms with van der Waals surface area (Å²) < 4.78 is 0. The van der Waals surface area contributed by atoms with E-state index >= 15 is 0 Å². The number of hydrogen-bond acceptors (Lipinski definition) is 3. The predicted octanol–water partition coefficient (Wildman–Crippen LogP) is 0.840. The van der Waals surface area contributed by atoms with Gasteiger partial charge in [0.05, 0.1) is 11.2 Å². The lowest BCUT2D eigenvalue weighted by molar-refractivity contribution is 0.756. The van der Waals surface area contributed by atoms with Gasteiger partial charge in [-0.2, -0.15) is 0 Å². The van der Waals surface area contributed by atoms with Gasteiger partial charge in [-0.3, -0.25) is 4.99 Å². The molecule has 1 aliphatic heterocycles. The number of aromatic nitrogens is 1. The molecule has 1 N–H and O–H groups in total. The molecule has 3 rings (SSSR count). The van der Waals surface area contributed by atoms with Gasteiger partial charge in [0, 0.05) is 67.3 Å². The topological polar surface area (TPSA) is 37.3 Å². The third kappa shape index (κ3) is 4.52. The second-order valence-corrected chi connectivity index (χ2v) is 6.10. The van der Waals surface area contributed by atoms with E-state index in [1.54, 1.807) is 0 Å². The molecule has 1 atom stereocenters. The van der Waals surface area contributed by atoms with E-state index in [-0.39, 0.29) is 0 Å². The standard InChI is InChI=1S/C14H14ClN3.B6/c1-8(16-2)13-7-10-9-3-6-14(15)18-11(9)4-5-12(10)17-13;1-5(2)6(3)4/h3-6,8,16H,7H2,1-2H3;/t8-;/m1./s1. The fourth-order valence-electron chi connectivity index (χ4n) is 2.31. The van der Waals surface area contributed by atoms with E-state index in [0.29, 0.717) is 11.2 Å². The molecule has 1 aromatic carbocycles. The number of nitrogens with zero attached hydrogens (tertiary/aromatic N) is 2. The molecule has 0 aliphatic carbocycles. The summed E-state index contributed by atoms with van der Waals surface area (Å²) in [6.07, 6.45) is -0.298. The van der Waals surface area contributed by atoms with Gasteiger partial charge < -0.3 is 5.32 Å². The summed E-state index contributed by atoms with van der Waals surface area (Å²) in [4.78, 5) is 9.03. The molecule has 1 aliphatic rings. The Morgan fingerprint density at radius 3 is 2.38 bits per heavy atom. The molecule has 0 fully saturated rings. The summed E-state index contributed by atoms with van der Waals surface area (Å²) in [5.41, 5.74) is 4.43. The van der Waals surface area contributed by atoms with Crippen molar-refractivity contribution in [3.8, 4) is 0 Å². The average Bonchev–Trinajstić information content (AvgIpc) is 2.98. The van der Waals surface area contributed by atoms with Crippen LogP contribution < -0.4 is 5.32 Å². The Balaban J connectivity index is 0.000000301. The Labute approximate surface area is 154 Å². The Morgan fingerprint density at radius 1 is 1.12 bits per heavy atom. The molecule has 1 aromatic heterocycles. The molecule has 110 valence electrons. The van der Waals surface area contributed by atoms with Crippen LogP contribution in [0.2, 0.25) is 5.15 Å². The van der Waals surface area contributed by atoms with E-state index in [4.69, 9.17) is 42.5 Å². The zero-order chi connectivity index (χ0) is 17.9. The molecular weight excluding hydrogens is 310 g/mol. The molecule has 0 amide bonds. The van der Waals surface area contributed by atoms with Gasteiger partial charge in [-0.05, 0) is 43.8 Å². The minimum absolute atomic E-state index is 0.299. The van der Waals surface area contributed by atoms with Crippen molar-refractivity contribution in [3.63, 3.8) is 0 Å². The predicted molar refractivity (Wildman–Crippen MR) is 111 cm³/mol. The number of hydrogen-bond donors (Lipinski definition) is 1. The first-order valence-corrected chi connectivity index (χ1v) is 8.06. The third-order valence-corrected chi connectivity index (χ3v) is 4.13. The number of benzene rings is 1. The highest BCUT2D eigenvalue weighted by molar-refractivity contribution is 7.76. The van der Waals surface area contributed by atoms with Crippen molar-refractivity contribution in [2.45, 2.75) is 19.4 Å².